The van der Waals surface area contributed by atoms with Gasteiger partial charge in [0.15, 0.2) is 5.65 Å². The van der Waals surface area contributed by atoms with Gasteiger partial charge in [-0.15, -0.1) is 0 Å². The average molecular weight is 492 g/mol. The first-order valence-corrected chi connectivity index (χ1v) is 11.9. The maximum absolute atomic E-state index is 14.5. The van der Waals surface area contributed by atoms with Crippen LogP contribution < -0.4 is 5.32 Å². The number of pyridine rings is 3. The van der Waals surface area contributed by atoms with E-state index in [0.29, 0.717) is 34.7 Å². The Bertz CT molecular complexity index is 1770. The van der Waals surface area contributed by atoms with Gasteiger partial charge in [-0.25, -0.2) is 14.4 Å². The Labute approximate surface area is 211 Å². The molecule has 0 aliphatic carbocycles. The molecule has 0 spiro atoms. The minimum atomic E-state index is -0.293. The van der Waals surface area contributed by atoms with Crippen LogP contribution in [0.5, 0.6) is 0 Å². The van der Waals surface area contributed by atoms with E-state index in [1.807, 2.05) is 31.2 Å². The van der Waals surface area contributed by atoms with E-state index in [1.165, 1.54) is 6.07 Å². The van der Waals surface area contributed by atoms with Gasteiger partial charge in [0.2, 0.25) is 5.91 Å². The van der Waals surface area contributed by atoms with Crippen LogP contribution in [-0.2, 0) is 4.79 Å². The van der Waals surface area contributed by atoms with Crippen molar-refractivity contribution in [1.82, 2.24) is 30.1 Å². The second kappa shape index (κ2) is 9.27. The molecule has 6 aromatic rings. The molecule has 5 aromatic heterocycles. The number of fused-ring (bicyclic) bond motifs is 2. The molecule has 0 radical (unpaired) electrons. The lowest BCUT2D eigenvalue weighted by Gasteiger charge is -2.07. The summed E-state index contributed by atoms with van der Waals surface area (Å²) in [6, 6.07) is 14.3. The van der Waals surface area contributed by atoms with Crippen molar-refractivity contribution >= 4 is 33.7 Å². The normalized spacial score (nSPS) is 11.3. The van der Waals surface area contributed by atoms with Gasteiger partial charge in [-0.3, -0.25) is 14.9 Å². The monoisotopic (exact) mass is 491 g/mol. The molecule has 1 aromatic carbocycles. The summed E-state index contributed by atoms with van der Waals surface area (Å²) in [7, 11) is 0. The number of nitrogens with zero attached hydrogens (tertiary/aromatic N) is 4. The molecule has 8 nitrogen and oxygen atoms in total. The van der Waals surface area contributed by atoms with Crippen molar-refractivity contribution in [2.24, 2.45) is 0 Å². The first kappa shape index (κ1) is 22.5. The molecule has 0 unspecified atom stereocenters. The zero-order chi connectivity index (χ0) is 25.4. The van der Waals surface area contributed by atoms with Crippen LogP contribution in [0.25, 0.3) is 55.7 Å². The average Bonchev–Trinajstić information content (AvgIpc) is 3.53. The zero-order valence-electron chi connectivity index (χ0n) is 19.9. The minimum absolute atomic E-state index is 0.0469. The molecule has 9 heteroatoms. The zero-order valence-corrected chi connectivity index (χ0v) is 19.9. The van der Waals surface area contributed by atoms with Gasteiger partial charge in [0, 0.05) is 52.5 Å². The Hall–Kier alpha value is -4.92. The molecule has 0 aliphatic heterocycles. The molecule has 0 fully saturated rings. The number of aromatic amines is 2. The van der Waals surface area contributed by atoms with Crippen LogP contribution in [0.1, 0.15) is 19.8 Å². The number of nitrogens with one attached hydrogen (secondary N) is 3. The number of amides is 1. The number of anilines is 1. The summed E-state index contributed by atoms with van der Waals surface area (Å²) in [6.07, 6.45) is 7.97. The number of hydrogen-bond donors (Lipinski definition) is 3. The van der Waals surface area contributed by atoms with Gasteiger partial charge in [-0.2, -0.15) is 5.10 Å². The van der Waals surface area contributed by atoms with Gasteiger partial charge in [0.1, 0.15) is 17.2 Å². The third-order valence-corrected chi connectivity index (χ3v) is 6.20. The van der Waals surface area contributed by atoms with Crippen LogP contribution in [0.15, 0.2) is 73.3 Å². The Morgan fingerprint density at radius 1 is 0.946 bits per heavy atom. The van der Waals surface area contributed by atoms with Crippen molar-refractivity contribution in [1.29, 1.82) is 0 Å². The number of carbonyl (C=O) groups is 1. The highest BCUT2D eigenvalue weighted by Crippen LogP contribution is 2.35. The Balaban J connectivity index is 1.41. The Morgan fingerprint density at radius 2 is 1.81 bits per heavy atom. The topological polar surface area (TPSA) is 112 Å². The van der Waals surface area contributed by atoms with Crippen molar-refractivity contribution in [2.45, 2.75) is 19.8 Å². The Kier molecular flexibility index (Phi) is 5.65. The van der Waals surface area contributed by atoms with E-state index in [0.717, 1.165) is 39.6 Å². The van der Waals surface area contributed by atoms with Gasteiger partial charge in [0.25, 0.3) is 0 Å². The quantitative estimate of drug-likeness (QED) is 0.260. The standard InChI is InChI=1S/C28H22FN7O/c1-2-5-25(37)33-18-10-16(13-30-15-18)17-11-22-26(35-36-28(22)32-14-17)24-12-21-19(8-9-31-27(21)34-24)20-6-3-4-7-23(20)29/h3-4,6-15H,2,5H2,1H3,(H,31,34)(H,33,37)(H,32,35,36). The fraction of sp³-hybridized carbons (Fsp3) is 0.107. The van der Waals surface area contributed by atoms with Gasteiger partial charge < -0.3 is 10.3 Å². The molecule has 0 saturated carbocycles. The summed E-state index contributed by atoms with van der Waals surface area (Å²) in [5, 5.41) is 12.0. The molecule has 37 heavy (non-hydrogen) atoms. The van der Waals surface area contributed by atoms with E-state index in [4.69, 9.17) is 0 Å². The summed E-state index contributed by atoms with van der Waals surface area (Å²) < 4.78 is 14.5. The van der Waals surface area contributed by atoms with Crippen LogP contribution >= 0.6 is 0 Å². The number of H-pyrrole nitrogens is 2. The number of hydrogen-bond acceptors (Lipinski definition) is 5. The van der Waals surface area contributed by atoms with Crippen molar-refractivity contribution in [3.8, 4) is 33.6 Å². The highest BCUT2D eigenvalue weighted by molar-refractivity contribution is 6.00. The van der Waals surface area contributed by atoms with E-state index >= 15 is 0 Å². The van der Waals surface area contributed by atoms with Crippen LogP contribution in [0.3, 0.4) is 0 Å². The minimum Gasteiger partial charge on any atom is -0.338 e. The number of aromatic nitrogens is 6. The Morgan fingerprint density at radius 3 is 2.68 bits per heavy atom. The molecule has 182 valence electrons. The van der Waals surface area contributed by atoms with Crippen molar-refractivity contribution < 1.29 is 9.18 Å². The maximum atomic E-state index is 14.5. The number of halogens is 1. The molecule has 3 N–H and O–H groups in total. The summed E-state index contributed by atoms with van der Waals surface area (Å²) in [5.41, 5.74) is 6.19. The van der Waals surface area contributed by atoms with E-state index < -0.39 is 0 Å². The van der Waals surface area contributed by atoms with E-state index in [2.05, 4.69) is 35.5 Å². The van der Waals surface area contributed by atoms with Crippen molar-refractivity contribution in [3.05, 3.63) is 79.1 Å². The molecule has 1 amide bonds. The first-order valence-electron chi connectivity index (χ1n) is 11.9. The lowest BCUT2D eigenvalue weighted by Crippen LogP contribution is -2.10. The second-order valence-electron chi connectivity index (χ2n) is 8.74. The predicted molar refractivity (Wildman–Crippen MR) is 141 cm³/mol. The van der Waals surface area contributed by atoms with Gasteiger partial charge in [0.05, 0.1) is 17.6 Å². The van der Waals surface area contributed by atoms with Crippen LogP contribution in [-0.4, -0.2) is 36.0 Å². The van der Waals surface area contributed by atoms with Crippen LogP contribution in [0, 0.1) is 5.82 Å². The summed E-state index contributed by atoms with van der Waals surface area (Å²) in [6.45, 7) is 1.96. The summed E-state index contributed by atoms with van der Waals surface area (Å²) in [4.78, 5) is 28.6. The molecule has 0 aliphatic rings. The number of carbonyl (C=O) groups excluding carboxylic acids is 1. The predicted octanol–water partition coefficient (Wildman–Crippen LogP) is 6.11. The molecule has 5 heterocycles. The molecule has 6 rings (SSSR count). The van der Waals surface area contributed by atoms with Crippen LogP contribution in [0.2, 0.25) is 0 Å². The second-order valence-corrected chi connectivity index (χ2v) is 8.74. The summed E-state index contributed by atoms with van der Waals surface area (Å²) >= 11 is 0. The molecular formula is C28H22FN7O. The van der Waals surface area contributed by atoms with Gasteiger partial charge >= 0.3 is 0 Å². The first-order chi connectivity index (χ1) is 18.1. The van der Waals surface area contributed by atoms with E-state index in [1.54, 1.807) is 43.0 Å². The maximum Gasteiger partial charge on any atom is 0.224 e. The van der Waals surface area contributed by atoms with E-state index in [-0.39, 0.29) is 11.7 Å². The van der Waals surface area contributed by atoms with Gasteiger partial charge in [-0.05, 0) is 42.3 Å². The highest BCUT2D eigenvalue weighted by atomic mass is 19.1. The SMILES string of the molecule is CCCC(=O)Nc1cncc(-c2cnc3[nH]nc(-c4cc5c(-c6ccccc6F)ccnc5[nH]4)c3c2)c1. The van der Waals surface area contributed by atoms with Crippen LogP contribution in [0.4, 0.5) is 10.1 Å². The molecular weight excluding hydrogens is 469 g/mol. The van der Waals surface area contributed by atoms with Crippen molar-refractivity contribution in [2.75, 3.05) is 5.32 Å². The molecule has 0 bridgehead atoms. The van der Waals surface area contributed by atoms with E-state index in [9.17, 15) is 9.18 Å². The van der Waals surface area contributed by atoms with Crippen molar-refractivity contribution in [3.63, 3.8) is 0 Å². The molecule has 0 saturated heterocycles. The fourth-order valence-electron chi connectivity index (χ4n) is 4.45. The lowest BCUT2D eigenvalue weighted by molar-refractivity contribution is -0.116. The van der Waals surface area contributed by atoms with Gasteiger partial charge in [-0.1, -0.05) is 25.1 Å². The number of rotatable bonds is 6. The number of benzene rings is 1. The summed E-state index contributed by atoms with van der Waals surface area (Å²) in [5.74, 6) is -0.340. The third-order valence-electron chi connectivity index (χ3n) is 6.20. The largest absolute Gasteiger partial charge is 0.338 e. The highest BCUT2D eigenvalue weighted by Gasteiger charge is 2.17. The third kappa shape index (κ3) is 4.20. The fourth-order valence-corrected chi connectivity index (χ4v) is 4.45. The smallest absolute Gasteiger partial charge is 0.224 e. The molecule has 0 atom stereocenters. The lowest BCUT2D eigenvalue weighted by atomic mass is 10.0.